The second kappa shape index (κ2) is 5.65. The van der Waals surface area contributed by atoms with Gasteiger partial charge >= 0.3 is 0 Å². The van der Waals surface area contributed by atoms with E-state index >= 15 is 0 Å². The number of amides is 1. The molecule has 0 aromatic carbocycles. The highest BCUT2D eigenvalue weighted by Gasteiger charge is 2.36. The first-order valence-electron chi connectivity index (χ1n) is 5.20. The lowest BCUT2D eigenvalue weighted by atomic mass is 10.2. The molecule has 3 atom stereocenters. The van der Waals surface area contributed by atoms with Gasteiger partial charge in [0.05, 0.1) is 11.3 Å². The Hall–Kier alpha value is -0.590. The molecule has 1 amide bonds. The maximum absolute atomic E-state index is 11.3. The van der Waals surface area contributed by atoms with E-state index in [1.807, 2.05) is 0 Å². The Balaban J connectivity index is 2.44. The molecule has 0 saturated carbocycles. The van der Waals surface area contributed by atoms with Crippen LogP contribution in [-0.4, -0.2) is 59.1 Å². The summed E-state index contributed by atoms with van der Waals surface area (Å²) < 4.78 is 0. The molecule has 5 nitrogen and oxygen atoms in total. The molecular formula is C10H18N2O3S. The zero-order chi connectivity index (χ0) is 12.3. The summed E-state index contributed by atoms with van der Waals surface area (Å²) in [5.74, 6) is 0.602. The number of hydrogen-bond acceptors (Lipinski definition) is 5. The predicted octanol–water partition coefficient (Wildman–Crippen LogP) is -0.554. The molecule has 0 aliphatic carbocycles. The minimum absolute atomic E-state index is 0.0474. The molecule has 1 saturated heterocycles. The quantitative estimate of drug-likeness (QED) is 0.681. The molecule has 3 unspecified atom stereocenters. The van der Waals surface area contributed by atoms with Gasteiger partial charge in [0.25, 0.3) is 0 Å². The Morgan fingerprint density at radius 2 is 2.38 bits per heavy atom. The second-order valence-corrected chi connectivity index (χ2v) is 5.22. The number of Topliss-reactive ketones (excluding diaryl/α,β-unsaturated/α-hetero) is 1. The van der Waals surface area contributed by atoms with Crippen molar-refractivity contribution in [1.29, 1.82) is 0 Å². The highest BCUT2D eigenvalue weighted by Crippen LogP contribution is 2.27. The predicted molar refractivity (Wildman–Crippen MR) is 63.2 cm³/mol. The molecule has 0 bridgehead atoms. The van der Waals surface area contributed by atoms with Crippen LogP contribution in [0.3, 0.4) is 0 Å². The lowest BCUT2D eigenvalue weighted by Crippen LogP contribution is -2.37. The number of thioether (sulfide) groups is 1. The van der Waals surface area contributed by atoms with Gasteiger partial charge in [0.2, 0.25) is 5.91 Å². The first kappa shape index (κ1) is 13.5. The third-order valence-electron chi connectivity index (χ3n) is 2.81. The molecule has 0 aromatic heterocycles. The molecule has 0 aromatic rings. The summed E-state index contributed by atoms with van der Waals surface area (Å²) >= 11 is 1.46. The zero-order valence-electron chi connectivity index (χ0n) is 9.77. The molecule has 1 fully saturated rings. The minimum atomic E-state index is -0.734. The van der Waals surface area contributed by atoms with Gasteiger partial charge < -0.3 is 15.3 Å². The van der Waals surface area contributed by atoms with Gasteiger partial charge in [-0.25, -0.2) is 0 Å². The summed E-state index contributed by atoms with van der Waals surface area (Å²) in [5.41, 5.74) is 0. The molecule has 6 heteroatoms. The summed E-state index contributed by atoms with van der Waals surface area (Å²) in [7, 11) is 3.32. The molecule has 1 rings (SSSR count). The fourth-order valence-corrected chi connectivity index (χ4v) is 3.04. The van der Waals surface area contributed by atoms with E-state index in [9.17, 15) is 14.7 Å². The Morgan fingerprint density at radius 1 is 1.75 bits per heavy atom. The summed E-state index contributed by atoms with van der Waals surface area (Å²) in [6.45, 7) is 1.53. The van der Waals surface area contributed by atoms with Crippen LogP contribution >= 0.6 is 11.8 Å². The average Bonchev–Trinajstić information content (AvgIpc) is 2.47. The second-order valence-electron chi connectivity index (χ2n) is 3.95. The number of carbonyl (C=O) groups is 2. The summed E-state index contributed by atoms with van der Waals surface area (Å²) in [6.07, 6.45) is -0.390. The fourth-order valence-electron chi connectivity index (χ4n) is 1.59. The van der Waals surface area contributed by atoms with Crippen LogP contribution in [0.2, 0.25) is 0 Å². The van der Waals surface area contributed by atoms with Gasteiger partial charge in [0.1, 0.15) is 12.0 Å². The van der Waals surface area contributed by atoms with E-state index in [2.05, 4.69) is 5.32 Å². The van der Waals surface area contributed by atoms with Crippen LogP contribution in [0.25, 0.3) is 0 Å². The maximum atomic E-state index is 11.3. The molecule has 2 N–H and O–H groups in total. The molecule has 0 spiro atoms. The van der Waals surface area contributed by atoms with Crippen molar-refractivity contribution in [3.63, 3.8) is 0 Å². The summed E-state index contributed by atoms with van der Waals surface area (Å²) in [6, 6.07) is -0.210. The number of aliphatic hydroxyl groups is 1. The van der Waals surface area contributed by atoms with Crippen LogP contribution in [0.15, 0.2) is 0 Å². The van der Waals surface area contributed by atoms with Crippen molar-refractivity contribution in [2.24, 2.45) is 0 Å². The lowest BCUT2D eigenvalue weighted by Gasteiger charge is -2.20. The van der Waals surface area contributed by atoms with Gasteiger partial charge in [-0.15, -0.1) is 0 Å². The molecule has 92 valence electrons. The average molecular weight is 246 g/mol. The van der Waals surface area contributed by atoms with Crippen molar-refractivity contribution in [1.82, 2.24) is 10.2 Å². The molecule has 1 aliphatic heterocycles. The third kappa shape index (κ3) is 2.96. The van der Waals surface area contributed by atoms with Gasteiger partial charge in [-0.2, -0.15) is 11.8 Å². The van der Waals surface area contributed by atoms with Crippen LogP contribution in [0.4, 0.5) is 0 Å². The SMILES string of the molecule is CNC(CSC1CC(=O)N(C)C1O)C(C)=O. The molecule has 1 heterocycles. The summed E-state index contributed by atoms with van der Waals surface area (Å²) in [5, 5.41) is 12.5. The van der Waals surface area contributed by atoms with Crippen LogP contribution in [-0.2, 0) is 9.59 Å². The van der Waals surface area contributed by atoms with E-state index in [0.717, 1.165) is 0 Å². The van der Waals surface area contributed by atoms with Crippen LogP contribution in [0, 0.1) is 0 Å². The van der Waals surface area contributed by atoms with E-state index in [0.29, 0.717) is 12.2 Å². The van der Waals surface area contributed by atoms with E-state index in [-0.39, 0.29) is 23.0 Å². The van der Waals surface area contributed by atoms with Crippen LogP contribution in [0.1, 0.15) is 13.3 Å². The van der Waals surface area contributed by atoms with Crippen molar-refractivity contribution < 1.29 is 14.7 Å². The van der Waals surface area contributed by atoms with E-state index in [1.165, 1.54) is 23.6 Å². The number of likely N-dealkylation sites (N-methyl/N-ethyl adjacent to an activating group) is 1. The Bertz CT molecular complexity index is 285. The fraction of sp³-hybridized carbons (Fsp3) is 0.800. The largest absolute Gasteiger partial charge is 0.372 e. The topological polar surface area (TPSA) is 69.6 Å². The maximum Gasteiger partial charge on any atom is 0.225 e. The molecule has 1 aliphatic rings. The van der Waals surface area contributed by atoms with Gasteiger partial charge in [0.15, 0.2) is 0 Å². The van der Waals surface area contributed by atoms with E-state index in [1.54, 1.807) is 14.1 Å². The number of nitrogens with zero attached hydrogens (tertiary/aromatic N) is 1. The van der Waals surface area contributed by atoms with Crippen LogP contribution < -0.4 is 5.32 Å². The van der Waals surface area contributed by atoms with Crippen molar-refractivity contribution in [2.75, 3.05) is 19.8 Å². The Labute approximate surface area is 99.6 Å². The number of hydrogen-bond donors (Lipinski definition) is 2. The van der Waals surface area contributed by atoms with Gasteiger partial charge in [-0.1, -0.05) is 0 Å². The molecule has 0 radical (unpaired) electrons. The van der Waals surface area contributed by atoms with E-state index in [4.69, 9.17) is 0 Å². The number of aliphatic hydroxyl groups excluding tert-OH is 1. The molecule has 16 heavy (non-hydrogen) atoms. The van der Waals surface area contributed by atoms with Crippen molar-refractivity contribution in [3.8, 4) is 0 Å². The number of likely N-dealkylation sites (tertiary alicyclic amines) is 1. The van der Waals surface area contributed by atoms with E-state index < -0.39 is 6.23 Å². The normalized spacial score (nSPS) is 27.2. The van der Waals surface area contributed by atoms with Gasteiger partial charge in [-0.05, 0) is 14.0 Å². The summed E-state index contributed by atoms with van der Waals surface area (Å²) in [4.78, 5) is 23.8. The third-order valence-corrected chi connectivity index (χ3v) is 4.18. The standard InChI is InChI=1S/C10H18N2O3S/c1-6(13)7(11-2)5-16-8-4-9(14)12(3)10(8)15/h7-8,10-11,15H,4-5H2,1-3H3. The number of rotatable bonds is 5. The Morgan fingerprint density at radius 3 is 2.75 bits per heavy atom. The number of ketones is 1. The monoisotopic (exact) mass is 246 g/mol. The zero-order valence-corrected chi connectivity index (χ0v) is 10.6. The van der Waals surface area contributed by atoms with Gasteiger partial charge in [0, 0.05) is 19.2 Å². The lowest BCUT2D eigenvalue weighted by molar-refractivity contribution is -0.131. The first-order valence-corrected chi connectivity index (χ1v) is 6.25. The van der Waals surface area contributed by atoms with Gasteiger partial charge in [-0.3, -0.25) is 9.59 Å². The first-order chi connectivity index (χ1) is 7.47. The van der Waals surface area contributed by atoms with Crippen molar-refractivity contribution in [3.05, 3.63) is 0 Å². The molecular weight excluding hydrogens is 228 g/mol. The Kier molecular flexibility index (Phi) is 4.76. The van der Waals surface area contributed by atoms with Crippen molar-refractivity contribution in [2.45, 2.75) is 30.9 Å². The smallest absolute Gasteiger partial charge is 0.225 e. The van der Waals surface area contributed by atoms with Crippen molar-refractivity contribution >= 4 is 23.5 Å². The number of nitrogens with one attached hydrogen (secondary N) is 1. The highest BCUT2D eigenvalue weighted by atomic mass is 32.2. The number of carbonyl (C=O) groups excluding carboxylic acids is 2. The minimum Gasteiger partial charge on any atom is -0.372 e. The van der Waals surface area contributed by atoms with Crippen LogP contribution in [0.5, 0.6) is 0 Å². The highest BCUT2D eigenvalue weighted by molar-refractivity contribution is 8.00.